The van der Waals surface area contributed by atoms with Gasteiger partial charge in [-0.2, -0.15) is 0 Å². The highest BCUT2D eigenvalue weighted by Crippen LogP contribution is 2.29. The Morgan fingerprint density at radius 1 is 0.938 bits per heavy atom. The predicted molar refractivity (Wildman–Crippen MR) is 128 cm³/mol. The van der Waals surface area contributed by atoms with Crippen molar-refractivity contribution in [2.24, 2.45) is 0 Å². The molecule has 3 aromatic carbocycles. The van der Waals surface area contributed by atoms with Crippen LogP contribution in [0, 0.1) is 0 Å². The van der Waals surface area contributed by atoms with Crippen molar-refractivity contribution >= 4 is 48.3 Å². The fourth-order valence-corrected chi connectivity index (χ4v) is 4.59. The standard InChI is InChI=1S/C23H19BrN2O5S/c1-30-21-12-6-15(18-11-13-22(27)31-23(18)21)14-25-19-4-2-3-5-20(19)26-32(28,29)17-9-7-16(24)8-10-17/h2-13,25-26H,14H2,1H3. The minimum atomic E-state index is -3.76. The summed E-state index contributed by atoms with van der Waals surface area (Å²) in [5, 5.41) is 3.99. The maximum Gasteiger partial charge on any atom is 0.336 e. The molecule has 32 heavy (non-hydrogen) atoms. The van der Waals surface area contributed by atoms with Crippen LogP contribution >= 0.6 is 15.9 Å². The topological polar surface area (TPSA) is 97.6 Å². The molecule has 0 unspecified atom stereocenters. The number of ether oxygens (including phenoxy) is 1. The van der Waals surface area contributed by atoms with E-state index in [2.05, 4.69) is 26.0 Å². The van der Waals surface area contributed by atoms with E-state index in [1.165, 1.54) is 25.3 Å². The molecular weight excluding hydrogens is 496 g/mol. The Morgan fingerprint density at radius 3 is 2.38 bits per heavy atom. The van der Waals surface area contributed by atoms with Gasteiger partial charge in [0, 0.05) is 22.5 Å². The third kappa shape index (κ3) is 4.63. The fraction of sp³-hybridized carbons (Fsp3) is 0.0870. The lowest BCUT2D eigenvalue weighted by Crippen LogP contribution is -2.14. The molecule has 7 nitrogen and oxygen atoms in total. The number of rotatable bonds is 7. The number of fused-ring (bicyclic) bond motifs is 1. The number of hydrogen-bond donors (Lipinski definition) is 2. The number of sulfonamides is 1. The van der Waals surface area contributed by atoms with E-state index in [0.29, 0.717) is 29.3 Å². The molecular formula is C23H19BrN2O5S. The van der Waals surface area contributed by atoms with Gasteiger partial charge in [-0.25, -0.2) is 13.2 Å². The zero-order valence-electron chi connectivity index (χ0n) is 17.0. The third-order valence-electron chi connectivity index (χ3n) is 4.82. The molecule has 1 heterocycles. The summed E-state index contributed by atoms with van der Waals surface area (Å²) >= 11 is 3.31. The molecule has 4 aromatic rings. The normalized spacial score (nSPS) is 11.3. The predicted octanol–water partition coefficient (Wildman–Crippen LogP) is 4.98. The van der Waals surface area contributed by atoms with E-state index in [4.69, 9.17) is 9.15 Å². The fourth-order valence-electron chi connectivity index (χ4n) is 3.24. The lowest BCUT2D eigenvalue weighted by molar-refractivity contribution is 0.406. The molecule has 0 aliphatic heterocycles. The quantitative estimate of drug-likeness (QED) is 0.337. The van der Waals surface area contributed by atoms with E-state index in [1.54, 1.807) is 42.5 Å². The van der Waals surface area contributed by atoms with E-state index in [9.17, 15) is 13.2 Å². The smallest absolute Gasteiger partial charge is 0.336 e. The highest BCUT2D eigenvalue weighted by atomic mass is 79.9. The van der Waals surface area contributed by atoms with Gasteiger partial charge in [0.25, 0.3) is 10.0 Å². The summed E-state index contributed by atoms with van der Waals surface area (Å²) in [5.74, 6) is 0.462. The van der Waals surface area contributed by atoms with Gasteiger partial charge in [-0.3, -0.25) is 4.72 Å². The summed E-state index contributed by atoms with van der Waals surface area (Å²) in [7, 11) is -2.25. The van der Waals surface area contributed by atoms with Crippen molar-refractivity contribution in [1.29, 1.82) is 0 Å². The van der Waals surface area contributed by atoms with Gasteiger partial charge in [0.15, 0.2) is 11.3 Å². The summed E-state index contributed by atoms with van der Waals surface area (Å²) in [5.41, 5.74) is 1.78. The van der Waals surface area contributed by atoms with Crippen LogP contribution in [0.1, 0.15) is 5.56 Å². The molecule has 0 saturated heterocycles. The van der Waals surface area contributed by atoms with Crippen LogP contribution < -0.4 is 20.4 Å². The van der Waals surface area contributed by atoms with Gasteiger partial charge >= 0.3 is 5.63 Å². The zero-order valence-corrected chi connectivity index (χ0v) is 19.4. The van der Waals surface area contributed by atoms with E-state index < -0.39 is 15.6 Å². The summed E-state index contributed by atoms with van der Waals surface area (Å²) in [6.07, 6.45) is 0. The molecule has 0 saturated carbocycles. The minimum Gasteiger partial charge on any atom is -0.493 e. The highest BCUT2D eigenvalue weighted by molar-refractivity contribution is 9.10. The summed E-state index contributed by atoms with van der Waals surface area (Å²) in [6.45, 7) is 0.366. The maximum atomic E-state index is 12.8. The second-order valence-corrected chi connectivity index (χ2v) is 9.48. The molecule has 0 radical (unpaired) electrons. The van der Waals surface area contributed by atoms with Crippen LogP contribution in [0.15, 0.2) is 91.4 Å². The van der Waals surface area contributed by atoms with Crippen molar-refractivity contribution in [3.8, 4) is 5.75 Å². The number of benzene rings is 3. The third-order valence-corrected chi connectivity index (χ3v) is 6.73. The van der Waals surface area contributed by atoms with Crippen LogP contribution in [0.5, 0.6) is 5.75 Å². The first kappa shape index (κ1) is 21.9. The van der Waals surface area contributed by atoms with Gasteiger partial charge in [0.05, 0.1) is 23.4 Å². The van der Waals surface area contributed by atoms with Crippen LogP contribution in [0.3, 0.4) is 0 Å². The summed E-state index contributed by atoms with van der Waals surface area (Å²) in [6, 6.07) is 20.1. The lowest BCUT2D eigenvalue weighted by Gasteiger charge is -2.15. The second-order valence-electron chi connectivity index (χ2n) is 6.88. The van der Waals surface area contributed by atoms with Gasteiger partial charge < -0.3 is 14.5 Å². The van der Waals surface area contributed by atoms with Crippen LogP contribution in [-0.2, 0) is 16.6 Å². The monoisotopic (exact) mass is 514 g/mol. The van der Waals surface area contributed by atoms with E-state index in [0.717, 1.165) is 15.4 Å². The van der Waals surface area contributed by atoms with Gasteiger partial charge in [0.1, 0.15) is 0 Å². The second kappa shape index (κ2) is 9.05. The average Bonchev–Trinajstić information content (AvgIpc) is 2.78. The Bertz CT molecular complexity index is 1430. The summed E-state index contributed by atoms with van der Waals surface area (Å²) < 4.78 is 39.7. The number of nitrogens with one attached hydrogen (secondary N) is 2. The van der Waals surface area contributed by atoms with Crippen molar-refractivity contribution in [2.75, 3.05) is 17.1 Å². The van der Waals surface area contributed by atoms with Gasteiger partial charge in [0.2, 0.25) is 0 Å². The van der Waals surface area contributed by atoms with Gasteiger partial charge in [-0.1, -0.05) is 34.1 Å². The van der Waals surface area contributed by atoms with Crippen LogP contribution in [0.25, 0.3) is 11.0 Å². The van der Waals surface area contributed by atoms with E-state index in [1.807, 2.05) is 12.1 Å². The molecule has 4 rings (SSSR count). The Hall–Kier alpha value is -3.30. The first-order chi connectivity index (χ1) is 15.4. The molecule has 0 bridgehead atoms. The highest BCUT2D eigenvalue weighted by Gasteiger charge is 2.16. The Kier molecular flexibility index (Phi) is 6.20. The molecule has 1 aromatic heterocycles. The zero-order chi connectivity index (χ0) is 22.7. The average molecular weight is 515 g/mol. The van der Waals surface area contributed by atoms with Crippen molar-refractivity contribution < 1.29 is 17.6 Å². The molecule has 0 spiro atoms. The van der Waals surface area contributed by atoms with E-state index in [-0.39, 0.29) is 4.90 Å². The lowest BCUT2D eigenvalue weighted by atomic mass is 10.1. The van der Waals surface area contributed by atoms with Gasteiger partial charge in [-0.15, -0.1) is 0 Å². The molecule has 9 heteroatoms. The Labute approximate surface area is 193 Å². The van der Waals surface area contributed by atoms with Crippen molar-refractivity contribution in [1.82, 2.24) is 0 Å². The van der Waals surface area contributed by atoms with Crippen LogP contribution in [0.4, 0.5) is 11.4 Å². The van der Waals surface area contributed by atoms with Crippen molar-refractivity contribution in [2.45, 2.75) is 11.4 Å². The number of para-hydroxylation sites is 2. The molecule has 0 aliphatic carbocycles. The maximum absolute atomic E-state index is 12.8. The first-order valence-electron chi connectivity index (χ1n) is 9.58. The molecule has 2 N–H and O–H groups in total. The first-order valence-corrected chi connectivity index (χ1v) is 11.9. The SMILES string of the molecule is COc1ccc(CNc2ccccc2NS(=O)(=O)c2ccc(Br)cc2)c2ccc(=O)oc12. The van der Waals surface area contributed by atoms with Gasteiger partial charge in [-0.05, 0) is 54.1 Å². The minimum absolute atomic E-state index is 0.159. The molecule has 164 valence electrons. The number of anilines is 2. The number of hydrogen-bond acceptors (Lipinski definition) is 6. The molecule has 0 fully saturated rings. The molecule has 0 amide bonds. The Balaban J connectivity index is 1.61. The summed E-state index contributed by atoms with van der Waals surface area (Å²) in [4.78, 5) is 11.8. The van der Waals surface area contributed by atoms with Crippen LogP contribution in [-0.4, -0.2) is 15.5 Å². The number of halogens is 1. The molecule has 0 atom stereocenters. The van der Waals surface area contributed by atoms with Crippen LogP contribution in [0.2, 0.25) is 0 Å². The Morgan fingerprint density at radius 2 is 1.66 bits per heavy atom. The number of methoxy groups -OCH3 is 1. The molecule has 0 aliphatic rings. The largest absolute Gasteiger partial charge is 0.493 e. The van der Waals surface area contributed by atoms with Crippen molar-refractivity contribution in [3.63, 3.8) is 0 Å². The van der Waals surface area contributed by atoms with Crippen molar-refractivity contribution in [3.05, 3.63) is 93.3 Å². The van der Waals surface area contributed by atoms with E-state index >= 15 is 0 Å².